The van der Waals surface area contributed by atoms with E-state index in [0.29, 0.717) is 13.0 Å². The summed E-state index contributed by atoms with van der Waals surface area (Å²) < 4.78 is 11.2. The van der Waals surface area contributed by atoms with Crippen molar-refractivity contribution in [2.45, 2.75) is 128 Å². The molecule has 2 fully saturated rings. The third kappa shape index (κ3) is 10.4. The summed E-state index contributed by atoms with van der Waals surface area (Å²) >= 11 is 0. The van der Waals surface area contributed by atoms with Crippen LogP contribution in [-0.4, -0.2) is 30.1 Å². The van der Waals surface area contributed by atoms with E-state index >= 15 is 0 Å². The average Bonchev–Trinajstić information content (AvgIpc) is 3.20. The minimum atomic E-state index is -0.848. The Kier molecular flexibility index (Phi) is 13.4. The van der Waals surface area contributed by atoms with Gasteiger partial charge in [-0.1, -0.05) is 70.4 Å². The lowest BCUT2D eigenvalue weighted by Gasteiger charge is -2.26. The van der Waals surface area contributed by atoms with Crippen molar-refractivity contribution in [3.63, 3.8) is 0 Å². The van der Waals surface area contributed by atoms with Gasteiger partial charge in [-0.3, -0.25) is 0 Å². The monoisotopic (exact) mass is 422 g/mol. The number of carboxylic acids is 1. The van der Waals surface area contributed by atoms with E-state index in [-0.39, 0.29) is 6.29 Å². The van der Waals surface area contributed by atoms with Crippen LogP contribution in [0.15, 0.2) is 12.2 Å². The molecule has 1 saturated heterocycles. The molecule has 0 aromatic rings. The predicted octanol–water partition coefficient (Wildman–Crippen LogP) is 7.27. The lowest BCUT2D eigenvalue weighted by Crippen LogP contribution is -2.32. The number of hydrogen-bond donors (Lipinski definition) is 1. The molecule has 1 N–H and O–H groups in total. The lowest BCUT2D eigenvalue weighted by atomic mass is 9.90. The SMILES string of the molecule is CCCCCC/C=C/[C@H]1CCC[C@@H]1CCCCCCC(OC1CCCCO1)C(=O)O. The molecule has 174 valence electrons. The van der Waals surface area contributed by atoms with E-state index in [4.69, 9.17) is 9.47 Å². The van der Waals surface area contributed by atoms with Gasteiger partial charge < -0.3 is 14.6 Å². The van der Waals surface area contributed by atoms with Crippen LogP contribution in [0.25, 0.3) is 0 Å². The lowest BCUT2D eigenvalue weighted by molar-refractivity contribution is -0.201. The average molecular weight is 423 g/mol. The second kappa shape index (κ2) is 15.9. The van der Waals surface area contributed by atoms with Crippen molar-refractivity contribution in [3.05, 3.63) is 12.2 Å². The molecule has 30 heavy (non-hydrogen) atoms. The van der Waals surface area contributed by atoms with Crippen LogP contribution in [0.3, 0.4) is 0 Å². The highest BCUT2D eigenvalue weighted by Gasteiger charge is 2.25. The van der Waals surface area contributed by atoms with Crippen molar-refractivity contribution in [2.24, 2.45) is 11.8 Å². The summed E-state index contributed by atoms with van der Waals surface area (Å²) in [5, 5.41) is 9.42. The molecular formula is C26H46O4. The molecular weight excluding hydrogens is 376 g/mol. The Labute approximate surface area is 184 Å². The molecule has 1 aliphatic carbocycles. The standard InChI is InChI=1S/C26H46O4/c1-2-3-4-5-6-9-15-22-17-14-18-23(22)16-10-7-8-11-19-24(26(27)28)30-25-20-12-13-21-29-25/h9,15,22-25H,2-8,10-14,16-21H2,1H3,(H,27,28)/b15-9+/t22-,23-,24?,25?/m0/s1. The number of ether oxygens (including phenoxy) is 2. The van der Waals surface area contributed by atoms with Crippen LogP contribution in [-0.2, 0) is 14.3 Å². The number of allylic oxidation sites excluding steroid dienone is 2. The topological polar surface area (TPSA) is 55.8 Å². The Morgan fingerprint density at radius 1 is 1.03 bits per heavy atom. The van der Waals surface area contributed by atoms with Gasteiger partial charge in [0.15, 0.2) is 12.4 Å². The van der Waals surface area contributed by atoms with E-state index in [1.165, 1.54) is 70.6 Å². The Morgan fingerprint density at radius 2 is 1.87 bits per heavy atom. The number of rotatable bonds is 16. The van der Waals surface area contributed by atoms with Gasteiger partial charge in [0.1, 0.15) is 0 Å². The van der Waals surface area contributed by atoms with Crippen molar-refractivity contribution < 1.29 is 19.4 Å². The minimum absolute atomic E-state index is 0.321. The van der Waals surface area contributed by atoms with E-state index in [9.17, 15) is 9.90 Å². The summed E-state index contributed by atoms with van der Waals surface area (Å²) in [5.74, 6) is 0.825. The first kappa shape index (κ1) is 25.4. The number of carbonyl (C=O) groups is 1. The number of carboxylic acid groups (broad SMARTS) is 1. The molecule has 1 saturated carbocycles. The molecule has 4 nitrogen and oxygen atoms in total. The normalized spacial score (nSPS) is 25.7. The van der Waals surface area contributed by atoms with Gasteiger partial charge in [0, 0.05) is 6.61 Å². The van der Waals surface area contributed by atoms with Crippen molar-refractivity contribution in [3.8, 4) is 0 Å². The first-order valence-electron chi connectivity index (χ1n) is 12.9. The van der Waals surface area contributed by atoms with Crippen LogP contribution < -0.4 is 0 Å². The van der Waals surface area contributed by atoms with Crippen LogP contribution >= 0.6 is 0 Å². The smallest absolute Gasteiger partial charge is 0.332 e. The Balaban J connectivity index is 1.54. The van der Waals surface area contributed by atoms with Gasteiger partial charge in [-0.2, -0.15) is 0 Å². The van der Waals surface area contributed by atoms with E-state index in [1.807, 2.05) is 0 Å². The van der Waals surface area contributed by atoms with Gasteiger partial charge in [-0.25, -0.2) is 4.79 Å². The van der Waals surface area contributed by atoms with Gasteiger partial charge in [0.2, 0.25) is 0 Å². The molecule has 2 unspecified atom stereocenters. The number of unbranched alkanes of at least 4 members (excludes halogenated alkanes) is 7. The summed E-state index contributed by atoms with van der Waals surface area (Å²) in [5.41, 5.74) is 0. The maximum absolute atomic E-state index is 11.5. The fourth-order valence-corrected chi connectivity index (χ4v) is 4.98. The molecule has 1 aliphatic heterocycles. The highest BCUT2D eigenvalue weighted by molar-refractivity contribution is 5.72. The zero-order valence-corrected chi connectivity index (χ0v) is 19.4. The molecule has 2 aliphatic rings. The minimum Gasteiger partial charge on any atom is -0.479 e. The van der Waals surface area contributed by atoms with Crippen LogP contribution in [0.5, 0.6) is 0 Å². The Bertz CT molecular complexity index is 470. The molecule has 0 aromatic heterocycles. The van der Waals surface area contributed by atoms with Gasteiger partial charge in [0.05, 0.1) is 0 Å². The highest BCUT2D eigenvalue weighted by atomic mass is 16.7. The van der Waals surface area contributed by atoms with E-state index < -0.39 is 12.1 Å². The molecule has 2 rings (SSSR count). The van der Waals surface area contributed by atoms with Crippen LogP contribution in [0.2, 0.25) is 0 Å². The van der Waals surface area contributed by atoms with Crippen molar-refractivity contribution in [1.29, 1.82) is 0 Å². The third-order valence-corrected chi connectivity index (χ3v) is 6.85. The second-order valence-corrected chi connectivity index (χ2v) is 9.38. The van der Waals surface area contributed by atoms with Crippen LogP contribution in [0, 0.1) is 11.8 Å². The summed E-state index contributed by atoms with van der Waals surface area (Å²) in [4.78, 5) is 11.5. The van der Waals surface area contributed by atoms with Crippen molar-refractivity contribution in [1.82, 2.24) is 0 Å². The van der Waals surface area contributed by atoms with Crippen molar-refractivity contribution >= 4 is 5.97 Å². The maximum Gasteiger partial charge on any atom is 0.332 e. The Hall–Kier alpha value is -0.870. The van der Waals surface area contributed by atoms with E-state index in [0.717, 1.165) is 43.9 Å². The van der Waals surface area contributed by atoms with Gasteiger partial charge >= 0.3 is 5.97 Å². The molecule has 0 spiro atoms. The maximum atomic E-state index is 11.5. The molecule has 0 aromatic carbocycles. The molecule has 4 atom stereocenters. The van der Waals surface area contributed by atoms with Gasteiger partial charge in [-0.15, -0.1) is 0 Å². The zero-order valence-electron chi connectivity index (χ0n) is 19.4. The predicted molar refractivity (Wildman–Crippen MR) is 123 cm³/mol. The number of aliphatic carboxylic acids is 1. The van der Waals surface area contributed by atoms with Crippen LogP contribution in [0.4, 0.5) is 0 Å². The summed E-state index contributed by atoms with van der Waals surface area (Å²) in [6.45, 7) is 2.96. The fourth-order valence-electron chi connectivity index (χ4n) is 4.98. The molecule has 0 amide bonds. The molecule has 4 heteroatoms. The first-order valence-corrected chi connectivity index (χ1v) is 12.9. The third-order valence-electron chi connectivity index (χ3n) is 6.85. The van der Waals surface area contributed by atoms with Crippen LogP contribution in [0.1, 0.15) is 116 Å². The summed E-state index contributed by atoms with van der Waals surface area (Å²) in [7, 11) is 0. The summed E-state index contributed by atoms with van der Waals surface area (Å²) in [6.07, 6.45) is 24.1. The quantitative estimate of drug-likeness (QED) is 0.210. The molecule has 0 radical (unpaired) electrons. The van der Waals surface area contributed by atoms with Gasteiger partial charge in [0.25, 0.3) is 0 Å². The largest absolute Gasteiger partial charge is 0.479 e. The van der Waals surface area contributed by atoms with E-state index in [2.05, 4.69) is 19.1 Å². The number of hydrogen-bond acceptors (Lipinski definition) is 3. The fraction of sp³-hybridized carbons (Fsp3) is 0.885. The van der Waals surface area contributed by atoms with Gasteiger partial charge in [-0.05, 0) is 69.6 Å². The molecule has 1 heterocycles. The first-order chi connectivity index (χ1) is 14.7. The van der Waals surface area contributed by atoms with E-state index in [1.54, 1.807) is 0 Å². The highest BCUT2D eigenvalue weighted by Crippen LogP contribution is 2.36. The molecule has 0 bridgehead atoms. The van der Waals surface area contributed by atoms with Crippen molar-refractivity contribution in [2.75, 3.05) is 6.61 Å². The Morgan fingerprint density at radius 3 is 2.63 bits per heavy atom. The summed E-state index contributed by atoms with van der Waals surface area (Å²) in [6, 6.07) is 0. The zero-order chi connectivity index (χ0) is 21.4. The second-order valence-electron chi connectivity index (χ2n) is 9.38.